The van der Waals surface area contributed by atoms with Gasteiger partial charge in [0.15, 0.2) is 0 Å². The molecule has 1 rings (SSSR count). The lowest BCUT2D eigenvalue weighted by Crippen LogP contribution is -2.41. The van der Waals surface area contributed by atoms with Crippen LogP contribution in [0.1, 0.15) is 26.7 Å². The molecule has 0 aromatic rings. The maximum absolute atomic E-state index is 11.1. The summed E-state index contributed by atoms with van der Waals surface area (Å²) in [5, 5.41) is 8.79. The summed E-state index contributed by atoms with van der Waals surface area (Å²) in [7, 11) is 0. The minimum Gasteiger partial charge on any atom is -0.395 e. The molecule has 1 aliphatic rings. The fourth-order valence-electron chi connectivity index (χ4n) is 1.45. The lowest BCUT2D eigenvalue weighted by molar-refractivity contribution is -0.122. The summed E-state index contributed by atoms with van der Waals surface area (Å²) in [6, 6.07) is 0.528. The molecule has 0 radical (unpaired) electrons. The van der Waals surface area contributed by atoms with E-state index in [1.165, 1.54) is 12.8 Å². The third-order valence-corrected chi connectivity index (χ3v) is 2.46. The van der Waals surface area contributed by atoms with Gasteiger partial charge in [0, 0.05) is 12.6 Å². The predicted octanol–water partition coefficient (Wildman–Crippen LogP) is 0.421. The second-order valence-electron chi connectivity index (χ2n) is 3.48. The van der Waals surface area contributed by atoms with Crippen LogP contribution >= 0.6 is 0 Å². The first kappa shape index (κ1) is 9.68. The number of rotatable bonds is 5. The van der Waals surface area contributed by atoms with Crippen molar-refractivity contribution < 1.29 is 9.90 Å². The lowest BCUT2D eigenvalue weighted by Gasteiger charge is -2.26. The molecule has 0 bridgehead atoms. The van der Waals surface area contributed by atoms with Crippen LogP contribution in [0.15, 0.2) is 0 Å². The molecule has 0 heterocycles. The van der Waals surface area contributed by atoms with E-state index in [0.29, 0.717) is 12.6 Å². The Morgan fingerprint density at radius 2 is 2.25 bits per heavy atom. The molecule has 0 saturated heterocycles. The van der Waals surface area contributed by atoms with Gasteiger partial charge in [-0.15, -0.1) is 0 Å². The van der Waals surface area contributed by atoms with E-state index in [-0.39, 0.29) is 18.4 Å². The molecule has 1 unspecified atom stereocenters. The summed E-state index contributed by atoms with van der Waals surface area (Å²) >= 11 is 0. The van der Waals surface area contributed by atoms with Crippen molar-refractivity contribution in [3.8, 4) is 0 Å². The Hall–Kier alpha value is -0.410. The summed E-state index contributed by atoms with van der Waals surface area (Å²) in [5.41, 5.74) is 0. The van der Waals surface area contributed by atoms with E-state index >= 15 is 0 Å². The van der Waals surface area contributed by atoms with Crippen molar-refractivity contribution in [1.82, 2.24) is 4.90 Å². The van der Waals surface area contributed by atoms with E-state index in [4.69, 9.17) is 5.11 Å². The quantitative estimate of drug-likeness (QED) is 0.651. The van der Waals surface area contributed by atoms with Crippen LogP contribution in [0.4, 0.5) is 0 Å². The van der Waals surface area contributed by atoms with Crippen LogP contribution in [0, 0.1) is 0 Å². The van der Waals surface area contributed by atoms with Gasteiger partial charge in [-0.2, -0.15) is 0 Å². The van der Waals surface area contributed by atoms with Crippen LogP contribution in [-0.4, -0.2) is 41.0 Å². The summed E-state index contributed by atoms with van der Waals surface area (Å²) in [4.78, 5) is 13.2. The first-order valence-electron chi connectivity index (χ1n) is 4.54. The largest absolute Gasteiger partial charge is 0.395 e. The summed E-state index contributed by atoms with van der Waals surface area (Å²) in [5.74, 6) is 0.190. The van der Waals surface area contributed by atoms with E-state index in [0.717, 1.165) is 0 Å². The minimum atomic E-state index is -0.0235. The fourth-order valence-corrected chi connectivity index (χ4v) is 1.45. The fraction of sp³-hybridized carbons (Fsp3) is 0.889. The van der Waals surface area contributed by atoms with Crippen molar-refractivity contribution in [3.05, 3.63) is 0 Å². The van der Waals surface area contributed by atoms with Gasteiger partial charge in [0.2, 0.25) is 0 Å². The first-order valence-corrected chi connectivity index (χ1v) is 4.54. The smallest absolute Gasteiger partial charge is 0.146 e. The highest BCUT2D eigenvalue weighted by molar-refractivity contribution is 5.81. The molecule has 70 valence electrons. The Balaban J connectivity index is 2.45. The molecular weight excluding hydrogens is 154 g/mol. The van der Waals surface area contributed by atoms with Gasteiger partial charge in [0.1, 0.15) is 5.78 Å². The number of nitrogens with zero attached hydrogens (tertiary/aromatic N) is 1. The normalized spacial score (nSPS) is 19.7. The zero-order chi connectivity index (χ0) is 9.14. The highest BCUT2D eigenvalue weighted by Gasteiger charge is 2.32. The van der Waals surface area contributed by atoms with Crippen LogP contribution < -0.4 is 0 Å². The van der Waals surface area contributed by atoms with Gasteiger partial charge in [-0.05, 0) is 26.7 Å². The number of carbonyl (C=O) groups is 1. The molecule has 3 heteroatoms. The maximum Gasteiger partial charge on any atom is 0.146 e. The molecule has 0 aromatic heterocycles. The number of hydrogen-bond donors (Lipinski definition) is 1. The van der Waals surface area contributed by atoms with E-state index in [2.05, 4.69) is 4.90 Å². The number of Topliss-reactive ketones (excluding diaryl/α,β-unsaturated/α-hetero) is 1. The van der Waals surface area contributed by atoms with Gasteiger partial charge in [0.25, 0.3) is 0 Å². The van der Waals surface area contributed by atoms with E-state index < -0.39 is 0 Å². The molecule has 0 spiro atoms. The Bertz CT molecular complexity index is 166. The lowest BCUT2D eigenvalue weighted by atomic mass is 10.2. The third-order valence-electron chi connectivity index (χ3n) is 2.46. The van der Waals surface area contributed by atoms with Gasteiger partial charge < -0.3 is 5.11 Å². The number of aliphatic hydroxyl groups is 1. The Morgan fingerprint density at radius 1 is 1.67 bits per heavy atom. The number of aliphatic hydroxyl groups excluding tert-OH is 1. The maximum atomic E-state index is 11.1. The van der Waals surface area contributed by atoms with E-state index in [9.17, 15) is 4.79 Å². The monoisotopic (exact) mass is 171 g/mol. The minimum absolute atomic E-state index is 0.0235. The molecule has 1 aliphatic carbocycles. The highest BCUT2D eigenvalue weighted by atomic mass is 16.3. The average Bonchev–Trinajstić information content (AvgIpc) is 2.81. The number of ketones is 1. The number of carbonyl (C=O) groups excluding carboxylic acids is 1. The molecule has 0 aromatic carbocycles. The summed E-state index contributed by atoms with van der Waals surface area (Å²) in [6.07, 6.45) is 2.36. The van der Waals surface area contributed by atoms with Crippen molar-refractivity contribution in [2.24, 2.45) is 0 Å². The van der Waals surface area contributed by atoms with Crippen molar-refractivity contribution in [2.45, 2.75) is 38.8 Å². The second-order valence-corrected chi connectivity index (χ2v) is 3.48. The molecule has 1 saturated carbocycles. The molecule has 1 fully saturated rings. The van der Waals surface area contributed by atoms with Gasteiger partial charge in [-0.1, -0.05) is 0 Å². The third kappa shape index (κ3) is 2.29. The van der Waals surface area contributed by atoms with Crippen molar-refractivity contribution >= 4 is 5.78 Å². The van der Waals surface area contributed by atoms with Gasteiger partial charge in [-0.3, -0.25) is 9.69 Å². The summed E-state index contributed by atoms with van der Waals surface area (Å²) in [6.45, 7) is 4.30. The number of hydrogen-bond acceptors (Lipinski definition) is 3. The van der Waals surface area contributed by atoms with Crippen molar-refractivity contribution in [3.63, 3.8) is 0 Å². The van der Waals surface area contributed by atoms with Gasteiger partial charge >= 0.3 is 0 Å². The summed E-state index contributed by atoms with van der Waals surface area (Å²) < 4.78 is 0. The molecular formula is C9H17NO2. The molecule has 3 nitrogen and oxygen atoms in total. The highest BCUT2D eigenvalue weighted by Crippen LogP contribution is 2.28. The second kappa shape index (κ2) is 4.01. The van der Waals surface area contributed by atoms with E-state index in [1.807, 2.05) is 6.92 Å². The Kier molecular flexibility index (Phi) is 3.23. The van der Waals surface area contributed by atoms with Crippen LogP contribution in [0.5, 0.6) is 0 Å². The van der Waals surface area contributed by atoms with Crippen molar-refractivity contribution in [2.75, 3.05) is 13.2 Å². The van der Waals surface area contributed by atoms with Gasteiger partial charge in [-0.25, -0.2) is 0 Å². The topological polar surface area (TPSA) is 40.5 Å². The molecule has 12 heavy (non-hydrogen) atoms. The van der Waals surface area contributed by atoms with Crippen LogP contribution in [-0.2, 0) is 4.79 Å². The molecule has 0 aliphatic heterocycles. The van der Waals surface area contributed by atoms with Crippen LogP contribution in [0.25, 0.3) is 0 Å². The van der Waals surface area contributed by atoms with Crippen LogP contribution in [0.2, 0.25) is 0 Å². The molecule has 1 N–H and O–H groups in total. The Morgan fingerprint density at radius 3 is 2.58 bits per heavy atom. The average molecular weight is 171 g/mol. The molecule has 1 atom stereocenters. The standard InChI is InChI=1S/C9H17NO2/c1-7(8(2)12)10(5-6-11)9-3-4-9/h7,9,11H,3-6H2,1-2H3. The Labute approximate surface area is 73.4 Å². The van der Waals surface area contributed by atoms with Gasteiger partial charge in [0.05, 0.1) is 12.6 Å². The van der Waals surface area contributed by atoms with E-state index in [1.54, 1.807) is 6.92 Å². The SMILES string of the molecule is CC(=O)C(C)N(CCO)C1CC1. The first-order chi connectivity index (χ1) is 5.66. The zero-order valence-corrected chi connectivity index (χ0v) is 7.79. The van der Waals surface area contributed by atoms with Crippen LogP contribution in [0.3, 0.4) is 0 Å². The molecule has 0 amide bonds. The predicted molar refractivity (Wildman–Crippen MR) is 47.0 cm³/mol. The van der Waals surface area contributed by atoms with Crippen molar-refractivity contribution in [1.29, 1.82) is 0 Å². The zero-order valence-electron chi connectivity index (χ0n) is 7.79.